The number of H-pyrrole nitrogens is 1. The molecule has 6 N–H and O–H groups in total. The summed E-state index contributed by atoms with van der Waals surface area (Å²) in [5.41, 5.74) is 5.48. The molecule has 0 amide bonds. The largest absolute Gasteiger partial charge is 0.394 e. The van der Waals surface area contributed by atoms with Crippen molar-refractivity contribution < 1.29 is 20.1 Å². The lowest BCUT2D eigenvalue weighted by Gasteiger charge is -2.26. The molecule has 0 radical (unpaired) electrons. The number of anilines is 2. The van der Waals surface area contributed by atoms with Gasteiger partial charge in [0.2, 0.25) is 11.9 Å². The molecule has 2 aromatic heterocycles. The summed E-state index contributed by atoms with van der Waals surface area (Å²) >= 11 is 0. The minimum atomic E-state index is -1.31. The SMILES string of the molecule is Nc1nc2c(nc(N3CCCCCC3)n2[C@H]2O[C@@H](CO)[C@H](O)[C@@H]2O)c(=O)[nH]1. The van der Waals surface area contributed by atoms with Gasteiger partial charge in [-0.25, -0.2) is 4.98 Å². The molecule has 2 aliphatic heterocycles. The Morgan fingerprint density at radius 2 is 1.85 bits per heavy atom. The third-order valence-corrected chi connectivity index (χ3v) is 5.21. The van der Waals surface area contributed by atoms with Crippen LogP contribution in [0.5, 0.6) is 0 Å². The first-order valence-corrected chi connectivity index (χ1v) is 9.16. The molecule has 27 heavy (non-hydrogen) atoms. The number of rotatable bonds is 3. The molecule has 0 spiro atoms. The van der Waals surface area contributed by atoms with E-state index in [-0.39, 0.29) is 17.1 Å². The minimum absolute atomic E-state index is 0.0807. The number of nitrogens with zero attached hydrogens (tertiary/aromatic N) is 4. The average molecular weight is 380 g/mol. The molecule has 0 aliphatic carbocycles. The maximum Gasteiger partial charge on any atom is 0.280 e. The second-order valence-corrected chi connectivity index (χ2v) is 7.04. The fourth-order valence-corrected chi connectivity index (χ4v) is 3.81. The second-order valence-electron chi connectivity index (χ2n) is 7.04. The first-order valence-electron chi connectivity index (χ1n) is 9.16. The maximum absolute atomic E-state index is 12.3. The van der Waals surface area contributed by atoms with Gasteiger partial charge >= 0.3 is 0 Å². The Bertz CT molecular complexity index is 874. The van der Waals surface area contributed by atoms with Crippen LogP contribution in [0.3, 0.4) is 0 Å². The van der Waals surface area contributed by atoms with Crippen LogP contribution >= 0.6 is 0 Å². The summed E-state index contributed by atoms with van der Waals surface area (Å²) in [6.45, 7) is 1.04. The van der Waals surface area contributed by atoms with Gasteiger partial charge in [0.1, 0.15) is 18.3 Å². The van der Waals surface area contributed by atoms with E-state index in [1.54, 1.807) is 0 Å². The van der Waals surface area contributed by atoms with Crippen molar-refractivity contribution in [2.45, 2.75) is 50.2 Å². The average Bonchev–Trinajstić information content (AvgIpc) is 2.99. The van der Waals surface area contributed by atoms with Gasteiger partial charge in [0.05, 0.1) is 6.61 Å². The molecule has 4 atom stereocenters. The Hall–Kier alpha value is -2.21. The van der Waals surface area contributed by atoms with E-state index in [4.69, 9.17) is 10.5 Å². The number of fused-ring (bicyclic) bond motifs is 1. The highest BCUT2D eigenvalue weighted by atomic mass is 16.6. The lowest BCUT2D eigenvalue weighted by Crippen LogP contribution is -2.34. The van der Waals surface area contributed by atoms with Gasteiger partial charge < -0.3 is 30.7 Å². The molecule has 148 valence electrons. The Morgan fingerprint density at radius 3 is 2.48 bits per heavy atom. The van der Waals surface area contributed by atoms with Crippen molar-refractivity contribution in [3.63, 3.8) is 0 Å². The van der Waals surface area contributed by atoms with E-state index in [1.807, 2.05) is 4.90 Å². The van der Waals surface area contributed by atoms with E-state index < -0.39 is 36.7 Å². The highest BCUT2D eigenvalue weighted by Gasteiger charge is 2.45. The first kappa shape index (κ1) is 18.2. The van der Waals surface area contributed by atoms with Gasteiger partial charge in [-0.15, -0.1) is 0 Å². The van der Waals surface area contributed by atoms with E-state index in [0.29, 0.717) is 5.95 Å². The Balaban J connectivity index is 1.88. The van der Waals surface area contributed by atoms with Crippen LogP contribution in [-0.4, -0.2) is 72.8 Å². The Morgan fingerprint density at radius 1 is 1.15 bits per heavy atom. The number of ether oxygens (including phenoxy) is 1. The van der Waals surface area contributed by atoms with E-state index in [2.05, 4.69) is 15.0 Å². The zero-order valence-electron chi connectivity index (χ0n) is 14.8. The molecule has 0 unspecified atom stereocenters. The number of aromatic amines is 1. The monoisotopic (exact) mass is 380 g/mol. The van der Waals surface area contributed by atoms with Crippen molar-refractivity contribution in [3.8, 4) is 0 Å². The van der Waals surface area contributed by atoms with Crippen molar-refractivity contribution in [3.05, 3.63) is 10.4 Å². The van der Waals surface area contributed by atoms with Crippen LogP contribution in [0.4, 0.5) is 11.9 Å². The zero-order valence-corrected chi connectivity index (χ0v) is 14.8. The normalized spacial score (nSPS) is 29.4. The molecule has 0 aromatic carbocycles. The van der Waals surface area contributed by atoms with Gasteiger partial charge in [-0.2, -0.15) is 4.98 Å². The smallest absolute Gasteiger partial charge is 0.280 e. The van der Waals surface area contributed by atoms with Gasteiger partial charge in [-0.3, -0.25) is 14.3 Å². The van der Waals surface area contributed by atoms with Gasteiger partial charge in [-0.05, 0) is 12.8 Å². The van der Waals surface area contributed by atoms with Crippen LogP contribution < -0.4 is 16.2 Å². The highest BCUT2D eigenvalue weighted by molar-refractivity contribution is 5.75. The molecule has 2 saturated heterocycles. The van der Waals surface area contributed by atoms with Crippen molar-refractivity contribution in [1.29, 1.82) is 0 Å². The van der Waals surface area contributed by atoms with Gasteiger partial charge in [-0.1, -0.05) is 12.8 Å². The van der Waals surface area contributed by atoms with Crippen LogP contribution in [0.25, 0.3) is 11.2 Å². The summed E-state index contributed by atoms with van der Waals surface area (Å²) in [7, 11) is 0. The second kappa shape index (κ2) is 7.08. The standard InChI is InChI=1S/C16H24N6O5/c17-15-19-12-9(13(26)20-15)18-16(21-5-3-1-2-4-6-21)22(12)14-11(25)10(24)8(7-23)27-14/h8,10-11,14,23-25H,1-7H2,(H3,17,19,20,26)/t8-,10-,11-,14-/m0/s1. The van der Waals surface area contributed by atoms with E-state index in [0.717, 1.165) is 38.8 Å². The Labute approximate surface area is 154 Å². The van der Waals surface area contributed by atoms with Crippen molar-refractivity contribution in [1.82, 2.24) is 19.5 Å². The number of nitrogens with two attached hydrogens (primary N) is 1. The Kier molecular flexibility index (Phi) is 4.76. The summed E-state index contributed by atoms with van der Waals surface area (Å²) in [5, 5.41) is 30.1. The van der Waals surface area contributed by atoms with Crippen molar-refractivity contribution in [2.75, 3.05) is 30.3 Å². The molecule has 2 aromatic rings. The van der Waals surface area contributed by atoms with Crippen molar-refractivity contribution in [2.24, 2.45) is 0 Å². The predicted molar refractivity (Wildman–Crippen MR) is 96.3 cm³/mol. The van der Waals surface area contributed by atoms with Crippen LogP contribution in [0.1, 0.15) is 31.9 Å². The topological polar surface area (TPSA) is 163 Å². The predicted octanol–water partition coefficient (Wildman–Crippen LogP) is -1.31. The number of aliphatic hydroxyl groups excluding tert-OH is 3. The molecule has 11 heteroatoms. The third kappa shape index (κ3) is 3.06. The molecule has 4 heterocycles. The highest BCUT2D eigenvalue weighted by Crippen LogP contribution is 2.35. The fraction of sp³-hybridized carbons (Fsp3) is 0.688. The first-order chi connectivity index (χ1) is 13.0. The summed E-state index contributed by atoms with van der Waals surface area (Å²) in [6.07, 6.45) is -0.405. The van der Waals surface area contributed by atoms with Crippen LogP contribution in [0, 0.1) is 0 Å². The summed E-state index contributed by atoms with van der Waals surface area (Å²) in [5.74, 6) is 0.355. The molecule has 2 fully saturated rings. The molecular formula is C16H24N6O5. The number of imidazole rings is 1. The zero-order chi connectivity index (χ0) is 19.1. The number of nitrogen functional groups attached to an aromatic ring is 1. The third-order valence-electron chi connectivity index (χ3n) is 5.21. The lowest BCUT2D eigenvalue weighted by molar-refractivity contribution is -0.0504. The number of nitrogens with one attached hydrogen (secondary N) is 1. The molecule has 11 nitrogen and oxygen atoms in total. The fourth-order valence-electron chi connectivity index (χ4n) is 3.81. The quantitative estimate of drug-likeness (QED) is 0.435. The van der Waals surface area contributed by atoms with Gasteiger partial charge in [0.15, 0.2) is 17.4 Å². The number of hydrogen-bond donors (Lipinski definition) is 5. The molecule has 4 rings (SSSR count). The van der Waals surface area contributed by atoms with Gasteiger partial charge in [0.25, 0.3) is 5.56 Å². The molecule has 0 bridgehead atoms. The minimum Gasteiger partial charge on any atom is -0.394 e. The molecule has 0 saturated carbocycles. The summed E-state index contributed by atoms with van der Waals surface area (Å²) < 4.78 is 7.19. The summed E-state index contributed by atoms with van der Waals surface area (Å²) in [6, 6.07) is 0. The van der Waals surface area contributed by atoms with E-state index in [1.165, 1.54) is 4.57 Å². The molecule has 2 aliphatic rings. The number of aromatic nitrogens is 4. The van der Waals surface area contributed by atoms with Crippen molar-refractivity contribution >= 4 is 23.1 Å². The lowest BCUT2D eigenvalue weighted by atomic mass is 10.1. The number of hydrogen-bond acceptors (Lipinski definition) is 9. The molecular weight excluding hydrogens is 356 g/mol. The van der Waals surface area contributed by atoms with E-state index in [9.17, 15) is 20.1 Å². The van der Waals surface area contributed by atoms with E-state index >= 15 is 0 Å². The van der Waals surface area contributed by atoms with Crippen LogP contribution in [-0.2, 0) is 4.74 Å². The summed E-state index contributed by atoms with van der Waals surface area (Å²) in [4.78, 5) is 25.4. The maximum atomic E-state index is 12.3. The van der Waals surface area contributed by atoms with Crippen LogP contribution in [0.2, 0.25) is 0 Å². The van der Waals surface area contributed by atoms with Gasteiger partial charge in [0, 0.05) is 13.1 Å². The number of aliphatic hydroxyl groups is 3. The van der Waals surface area contributed by atoms with Crippen LogP contribution in [0.15, 0.2) is 4.79 Å².